The van der Waals surface area contributed by atoms with Crippen LogP contribution in [0.1, 0.15) is 39.2 Å². The summed E-state index contributed by atoms with van der Waals surface area (Å²) < 4.78 is 0. The van der Waals surface area contributed by atoms with Crippen molar-refractivity contribution < 1.29 is 0 Å². The van der Waals surface area contributed by atoms with Crippen LogP contribution in [0.25, 0.3) is 0 Å². The SMILES string of the molecule is CC(C)Cc1nc(N)c(CC(C)C)[nH]1. The summed E-state index contributed by atoms with van der Waals surface area (Å²) in [6, 6.07) is 0. The number of nitrogen functional groups attached to an aromatic ring is 1. The molecule has 0 saturated heterocycles. The number of nitrogens with zero attached hydrogens (tertiary/aromatic N) is 1. The Bertz CT molecular complexity index is 287. The summed E-state index contributed by atoms with van der Waals surface area (Å²) in [5.41, 5.74) is 6.92. The Kier molecular flexibility index (Phi) is 3.55. The monoisotopic (exact) mass is 195 g/mol. The Morgan fingerprint density at radius 2 is 1.71 bits per heavy atom. The zero-order valence-electron chi connectivity index (χ0n) is 9.59. The average molecular weight is 195 g/mol. The maximum atomic E-state index is 5.82. The normalized spacial score (nSPS) is 11.6. The van der Waals surface area contributed by atoms with Crippen molar-refractivity contribution in [2.45, 2.75) is 40.5 Å². The molecule has 0 unspecified atom stereocenters. The highest BCUT2D eigenvalue weighted by atomic mass is 15.0. The number of rotatable bonds is 4. The van der Waals surface area contributed by atoms with Crippen molar-refractivity contribution in [2.75, 3.05) is 5.73 Å². The third-order valence-corrected chi connectivity index (χ3v) is 2.07. The summed E-state index contributed by atoms with van der Waals surface area (Å²) >= 11 is 0. The minimum atomic E-state index is 0.615. The highest BCUT2D eigenvalue weighted by Gasteiger charge is 2.09. The molecule has 1 aromatic rings. The molecule has 0 aliphatic heterocycles. The number of nitrogens with one attached hydrogen (secondary N) is 1. The van der Waals surface area contributed by atoms with E-state index in [0.29, 0.717) is 17.7 Å². The molecule has 0 aliphatic carbocycles. The van der Waals surface area contributed by atoms with E-state index >= 15 is 0 Å². The summed E-state index contributed by atoms with van der Waals surface area (Å²) in [4.78, 5) is 7.63. The van der Waals surface area contributed by atoms with Gasteiger partial charge in [-0.3, -0.25) is 0 Å². The Balaban J connectivity index is 2.72. The van der Waals surface area contributed by atoms with Crippen molar-refractivity contribution in [1.29, 1.82) is 0 Å². The Hall–Kier alpha value is -0.990. The number of hydrogen-bond donors (Lipinski definition) is 2. The van der Waals surface area contributed by atoms with Crippen LogP contribution in [0.3, 0.4) is 0 Å². The molecule has 0 atom stereocenters. The van der Waals surface area contributed by atoms with Gasteiger partial charge in [0.1, 0.15) is 11.6 Å². The predicted molar refractivity (Wildman–Crippen MR) is 60.1 cm³/mol. The van der Waals surface area contributed by atoms with Gasteiger partial charge in [0, 0.05) is 6.42 Å². The standard InChI is InChI=1S/C11H21N3/c1-7(2)5-9-11(12)14-10(13-9)6-8(3)4/h7-8H,5-6,12H2,1-4H3,(H,13,14). The van der Waals surface area contributed by atoms with E-state index in [4.69, 9.17) is 5.73 Å². The van der Waals surface area contributed by atoms with Crippen LogP contribution in [0, 0.1) is 11.8 Å². The summed E-state index contributed by atoms with van der Waals surface area (Å²) in [6.45, 7) is 8.73. The number of H-pyrrole nitrogens is 1. The lowest BCUT2D eigenvalue weighted by molar-refractivity contribution is 0.616. The largest absolute Gasteiger partial charge is 0.382 e. The smallest absolute Gasteiger partial charge is 0.145 e. The predicted octanol–water partition coefficient (Wildman–Crippen LogP) is 2.39. The van der Waals surface area contributed by atoms with Crippen molar-refractivity contribution >= 4 is 5.82 Å². The van der Waals surface area contributed by atoms with E-state index in [9.17, 15) is 0 Å². The fourth-order valence-electron chi connectivity index (χ4n) is 1.53. The van der Waals surface area contributed by atoms with Crippen LogP contribution in [0.15, 0.2) is 0 Å². The minimum Gasteiger partial charge on any atom is -0.382 e. The highest BCUT2D eigenvalue weighted by molar-refractivity contribution is 5.36. The molecule has 14 heavy (non-hydrogen) atoms. The second kappa shape index (κ2) is 4.49. The minimum absolute atomic E-state index is 0.615. The van der Waals surface area contributed by atoms with Crippen LogP contribution in [-0.4, -0.2) is 9.97 Å². The van der Waals surface area contributed by atoms with Gasteiger partial charge in [0.25, 0.3) is 0 Å². The first-order chi connectivity index (χ1) is 6.49. The molecule has 0 aliphatic rings. The summed E-state index contributed by atoms with van der Waals surface area (Å²) in [7, 11) is 0. The van der Waals surface area contributed by atoms with Crippen molar-refractivity contribution in [3.05, 3.63) is 11.5 Å². The van der Waals surface area contributed by atoms with Crippen LogP contribution in [0.4, 0.5) is 5.82 Å². The van der Waals surface area contributed by atoms with Gasteiger partial charge in [0.15, 0.2) is 0 Å². The van der Waals surface area contributed by atoms with Gasteiger partial charge in [-0.1, -0.05) is 27.7 Å². The zero-order chi connectivity index (χ0) is 10.7. The molecule has 0 amide bonds. The number of nitrogens with two attached hydrogens (primary N) is 1. The van der Waals surface area contributed by atoms with E-state index in [1.165, 1.54) is 0 Å². The molecule has 3 heteroatoms. The number of aromatic nitrogens is 2. The molecular weight excluding hydrogens is 174 g/mol. The first-order valence-corrected chi connectivity index (χ1v) is 5.32. The fraction of sp³-hybridized carbons (Fsp3) is 0.727. The third kappa shape index (κ3) is 3.05. The van der Waals surface area contributed by atoms with E-state index in [1.807, 2.05) is 0 Å². The molecule has 0 bridgehead atoms. The lowest BCUT2D eigenvalue weighted by atomic mass is 10.1. The Morgan fingerprint density at radius 3 is 2.21 bits per heavy atom. The molecule has 1 heterocycles. The highest BCUT2D eigenvalue weighted by Crippen LogP contribution is 2.15. The van der Waals surface area contributed by atoms with E-state index in [2.05, 4.69) is 37.7 Å². The maximum Gasteiger partial charge on any atom is 0.145 e. The molecule has 3 nitrogen and oxygen atoms in total. The molecule has 0 fully saturated rings. The van der Waals surface area contributed by atoms with Gasteiger partial charge in [-0.05, 0) is 18.3 Å². The fourth-order valence-corrected chi connectivity index (χ4v) is 1.53. The molecule has 0 spiro atoms. The van der Waals surface area contributed by atoms with Crippen LogP contribution >= 0.6 is 0 Å². The molecule has 0 saturated carbocycles. The van der Waals surface area contributed by atoms with Gasteiger partial charge >= 0.3 is 0 Å². The lowest BCUT2D eigenvalue weighted by Crippen LogP contribution is -1.99. The molecule has 80 valence electrons. The van der Waals surface area contributed by atoms with Gasteiger partial charge in [-0.2, -0.15) is 0 Å². The second-order valence-corrected chi connectivity index (χ2v) is 4.74. The number of hydrogen-bond acceptors (Lipinski definition) is 2. The topological polar surface area (TPSA) is 54.7 Å². The Morgan fingerprint density at radius 1 is 1.14 bits per heavy atom. The first kappa shape index (κ1) is 11.1. The van der Waals surface area contributed by atoms with Crippen molar-refractivity contribution in [3.8, 4) is 0 Å². The van der Waals surface area contributed by atoms with Crippen molar-refractivity contribution in [1.82, 2.24) is 9.97 Å². The quantitative estimate of drug-likeness (QED) is 0.775. The van der Waals surface area contributed by atoms with Gasteiger partial charge < -0.3 is 10.7 Å². The number of aromatic amines is 1. The Labute approximate surface area is 86.1 Å². The molecule has 0 aromatic carbocycles. The third-order valence-electron chi connectivity index (χ3n) is 2.07. The zero-order valence-corrected chi connectivity index (χ0v) is 9.59. The van der Waals surface area contributed by atoms with E-state index in [1.54, 1.807) is 0 Å². The summed E-state index contributed by atoms with van der Waals surface area (Å²) in [6.07, 6.45) is 1.96. The summed E-state index contributed by atoms with van der Waals surface area (Å²) in [5.74, 6) is 2.93. The van der Waals surface area contributed by atoms with Gasteiger partial charge in [0.2, 0.25) is 0 Å². The summed E-state index contributed by atoms with van der Waals surface area (Å²) in [5, 5.41) is 0. The molecule has 0 radical (unpaired) electrons. The van der Waals surface area contributed by atoms with Crippen molar-refractivity contribution in [3.63, 3.8) is 0 Å². The molecule has 1 rings (SSSR count). The number of imidazole rings is 1. The van der Waals surface area contributed by atoms with Crippen LogP contribution < -0.4 is 5.73 Å². The second-order valence-electron chi connectivity index (χ2n) is 4.74. The molecule has 1 aromatic heterocycles. The number of anilines is 1. The van der Waals surface area contributed by atoms with E-state index in [-0.39, 0.29) is 0 Å². The molecule has 3 N–H and O–H groups in total. The van der Waals surface area contributed by atoms with Crippen LogP contribution in [0.5, 0.6) is 0 Å². The molecular formula is C11H21N3. The maximum absolute atomic E-state index is 5.82. The average Bonchev–Trinajstić information content (AvgIpc) is 2.28. The first-order valence-electron chi connectivity index (χ1n) is 5.32. The van der Waals surface area contributed by atoms with Gasteiger partial charge in [-0.15, -0.1) is 0 Å². The van der Waals surface area contributed by atoms with Crippen LogP contribution in [0.2, 0.25) is 0 Å². The van der Waals surface area contributed by atoms with Gasteiger partial charge in [-0.25, -0.2) is 4.98 Å². The lowest BCUT2D eigenvalue weighted by Gasteiger charge is -2.02. The van der Waals surface area contributed by atoms with Gasteiger partial charge in [0.05, 0.1) is 5.69 Å². The van der Waals surface area contributed by atoms with E-state index < -0.39 is 0 Å². The van der Waals surface area contributed by atoms with Crippen LogP contribution in [-0.2, 0) is 12.8 Å². The van der Waals surface area contributed by atoms with Crippen molar-refractivity contribution in [2.24, 2.45) is 11.8 Å². The van der Waals surface area contributed by atoms with E-state index in [0.717, 1.165) is 24.4 Å².